The number of hydrogen-bond donors (Lipinski definition) is 1. The Morgan fingerprint density at radius 1 is 1.35 bits per heavy atom. The Balaban J connectivity index is 1.53. The van der Waals surface area contributed by atoms with Crippen molar-refractivity contribution in [2.75, 3.05) is 11.9 Å². The molecule has 1 aromatic heterocycles. The molecular formula is C16H20F2N2O3. The van der Waals surface area contributed by atoms with Crippen LogP contribution in [0.1, 0.15) is 36.9 Å². The lowest BCUT2D eigenvalue weighted by Crippen LogP contribution is -2.30. The second kappa shape index (κ2) is 7.31. The third-order valence-electron chi connectivity index (χ3n) is 4.41. The summed E-state index contributed by atoms with van der Waals surface area (Å²) in [7, 11) is 0. The predicted molar refractivity (Wildman–Crippen MR) is 79.1 cm³/mol. The molecule has 2 aliphatic rings. The summed E-state index contributed by atoms with van der Waals surface area (Å²) in [5.74, 6) is -0.251. The molecule has 1 fully saturated rings. The number of ether oxygens (including phenoxy) is 2. The fraction of sp³-hybridized carbons (Fsp3) is 0.625. The van der Waals surface area contributed by atoms with Gasteiger partial charge in [-0.1, -0.05) is 0 Å². The molecule has 0 spiro atoms. The summed E-state index contributed by atoms with van der Waals surface area (Å²) in [6.07, 6.45) is 4.10. The van der Waals surface area contributed by atoms with Crippen molar-refractivity contribution in [3.8, 4) is 0 Å². The molecule has 1 N–H and O–H groups in total. The summed E-state index contributed by atoms with van der Waals surface area (Å²) in [5, 5.41) is 2.87. The Morgan fingerprint density at radius 3 is 2.87 bits per heavy atom. The number of carbonyl (C=O) groups is 1. The molecule has 23 heavy (non-hydrogen) atoms. The number of pyridine rings is 1. The SMILES string of the molecule is O=C(Nc1cnc2c(c1)COCC2)C1CCC(OC(F)F)CC1. The number of fused-ring (bicyclic) bond motifs is 1. The van der Waals surface area contributed by atoms with Gasteiger partial charge in [-0.3, -0.25) is 9.78 Å². The lowest BCUT2D eigenvalue weighted by Gasteiger charge is -2.27. The van der Waals surface area contributed by atoms with Gasteiger partial charge in [0.05, 0.1) is 31.2 Å². The Bertz CT molecular complexity index is 560. The van der Waals surface area contributed by atoms with E-state index >= 15 is 0 Å². The van der Waals surface area contributed by atoms with Crippen LogP contribution in [0.3, 0.4) is 0 Å². The van der Waals surface area contributed by atoms with E-state index in [0.717, 1.165) is 17.7 Å². The molecule has 0 unspecified atom stereocenters. The molecule has 2 heterocycles. The maximum atomic E-state index is 12.3. The zero-order chi connectivity index (χ0) is 16.2. The van der Waals surface area contributed by atoms with E-state index in [1.807, 2.05) is 6.07 Å². The molecule has 3 rings (SSSR count). The molecule has 7 heteroatoms. The van der Waals surface area contributed by atoms with E-state index in [2.05, 4.69) is 15.0 Å². The first-order valence-electron chi connectivity index (χ1n) is 7.92. The number of alkyl halides is 2. The van der Waals surface area contributed by atoms with E-state index in [0.29, 0.717) is 44.6 Å². The maximum absolute atomic E-state index is 12.3. The predicted octanol–water partition coefficient (Wildman–Crippen LogP) is 2.89. The molecule has 0 radical (unpaired) electrons. The number of nitrogens with one attached hydrogen (secondary N) is 1. The lowest BCUT2D eigenvalue weighted by atomic mass is 9.86. The van der Waals surface area contributed by atoms with Gasteiger partial charge in [0.2, 0.25) is 5.91 Å². The number of hydrogen-bond acceptors (Lipinski definition) is 4. The number of anilines is 1. The van der Waals surface area contributed by atoms with Gasteiger partial charge in [-0.05, 0) is 31.7 Å². The van der Waals surface area contributed by atoms with Gasteiger partial charge in [0.25, 0.3) is 0 Å². The standard InChI is InChI=1S/C16H20F2N2O3/c17-16(18)23-13-3-1-10(2-4-13)15(21)20-12-7-11-9-22-6-5-14(11)19-8-12/h7-8,10,13,16H,1-6,9H2,(H,20,21). The molecule has 1 aliphatic heterocycles. The van der Waals surface area contributed by atoms with Gasteiger partial charge >= 0.3 is 6.61 Å². The molecule has 1 saturated carbocycles. The third-order valence-corrected chi connectivity index (χ3v) is 4.41. The smallest absolute Gasteiger partial charge is 0.345 e. The highest BCUT2D eigenvalue weighted by atomic mass is 19.3. The second-order valence-corrected chi connectivity index (χ2v) is 5.99. The highest BCUT2D eigenvalue weighted by molar-refractivity contribution is 5.92. The van der Waals surface area contributed by atoms with Crippen LogP contribution in [0.15, 0.2) is 12.3 Å². The molecule has 126 valence electrons. The number of carbonyl (C=O) groups excluding carboxylic acids is 1. The van der Waals surface area contributed by atoms with Crippen molar-refractivity contribution in [2.24, 2.45) is 5.92 Å². The summed E-state index contributed by atoms with van der Waals surface area (Å²) in [6.45, 7) is -1.55. The Kier molecular flexibility index (Phi) is 5.17. The molecule has 0 atom stereocenters. The minimum Gasteiger partial charge on any atom is -0.376 e. The molecule has 0 aromatic carbocycles. The van der Waals surface area contributed by atoms with Crippen molar-refractivity contribution in [1.82, 2.24) is 4.98 Å². The van der Waals surface area contributed by atoms with Crippen LogP contribution in [-0.4, -0.2) is 30.2 Å². The number of rotatable bonds is 4. The second-order valence-electron chi connectivity index (χ2n) is 5.99. The van der Waals surface area contributed by atoms with Crippen molar-refractivity contribution < 1.29 is 23.0 Å². The van der Waals surface area contributed by atoms with E-state index in [9.17, 15) is 13.6 Å². The van der Waals surface area contributed by atoms with Crippen LogP contribution in [-0.2, 0) is 27.3 Å². The van der Waals surface area contributed by atoms with E-state index in [1.54, 1.807) is 6.20 Å². The summed E-state index contributed by atoms with van der Waals surface area (Å²) in [4.78, 5) is 16.7. The van der Waals surface area contributed by atoms with Crippen molar-refractivity contribution in [1.29, 1.82) is 0 Å². The summed E-state index contributed by atoms with van der Waals surface area (Å²) in [5.41, 5.74) is 2.67. The molecule has 0 saturated heterocycles. The Hall–Kier alpha value is -1.60. The van der Waals surface area contributed by atoms with E-state index < -0.39 is 12.7 Å². The summed E-state index contributed by atoms with van der Waals surface area (Å²) in [6, 6.07) is 1.89. The minimum absolute atomic E-state index is 0.0843. The quantitative estimate of drug-likeness (QED) is 0.924. The monoisotopic (exact) mass is 326 g/mol. The van der Waals surface area contributed by atoms with Crippen LogP contribution >= 0.6 is 0 Å². The largest absolute Gasteiger partial charge is 0.376 e. The highest BCUT2D eigenvalue weighted by Crippen LogP contribution is 2.28. The number of nitrogens with zero attached hydrogens (tertiary/aromatic N) is 1. The van der Waals surface area contributed by atoms with Crippen LogP contribution in [0.25, 0.3) is 0 Å². The van der Waals surface area contributed by atoms with Crippen molar-refractivity contribution >= 4 is 11.6 Å². The van der Waals surface area contributed by atoms with Crippen LogP contribution < -0.4 is 5.32 Å². The van der Waals surface area contributed by atoms with Gasteiger partial charge in [-0.15, -0.1) is 0 Å². The molecular weight excluding hydrogens is 306 g/mol. The van der Waals surface area contributed by atoms with Gasteiger partial charge < -0.3 is 14.8 Å². The van der Waals surface area contributed by atoms with Gasteiger partial charge in [0.15, 0.2) is 0 Å². The van der Waals surface area contributed by atoms with Crippen molar-refractivity contribution in [3.05, 3.63) is 23.5 Å². The molecule has 1 aliphatic carbocycles. The number of aromatic nitrogens is 1. The van der Waals surface area contributed by atoms with Crippen LogP contribution in [0, 0.1) is 5.92 Å². The van der Waals surface area contributed by atoms with Gasteiger partial charge in [0.1, 0.15) is 0 Å². The fourth-order valence-electron chi connectivity index (χ4n) is 3.16. The first-order valence-corrected chi connectivity index (χ1v) is 7.92. The average molecular weight is 326 g/mol. The lowest BCUT2D eigenvalue weighted by molar-refractivity contribution is -0.171. The molecule has 5 nitrogen and oxygen atoms in total. The zero-order valence-electron chi connectivity index (χ0n) is 12.8. The average Bonchev–Trinajstić information content (AvgIpc) is 2.55. The molecule has 1 aromatic rings. The van der Waals surface area contributed by atoms with Crippen molar-refractivity contribution in [3.63, 3.8) is 0 Å². The number of halogens is 2. The Morgan fingerprint density at radius 2 is 2.13 bits per heavy atom. The molecule has 0 bridgehead atoms. The fourth-order valence-corrected chi connectivity index (χ4v) is 3.16. The molecule has 1 amide bonds. The first-order chi connectivity index (χ1) is 11.1. The van der Waals surface area contributed by atoms with Gasteiger partial charge in [0, 0.05) is 23.6 Å². The maximum Gasteiger partial charge on any atom is 0.345 e. The third kappa shape index (κ3) is 4.23. The zero-order valence-corrected chi connectivity index (χ0v) is 12.8. The van der Waals surface area contributed by atoms with Gasteiger partial charge in [-0.2, -0.15) is 8.78 Å². The van der Waals surface area contributed by atoms with E-state index in [4.69, 9.17) is 4.74 Å². The van der Waals surface area contributed by atoms with Crippen LogP contribution in [0.5, 0.6) is 0 Å². The van der Waals surface area contributed by atoms with Crippen LogP contribution in [0.2, 0.25) is 0 Å². The highest BCUT2D eigenvalue weighted by Gasteiger charge is 2.28. The topological polar surface area (TPSA) is 60.5 Å². The van der Waals surface area contributed by atoms with E-state index in [-0.39, 0.29) is 11.8 Å². The minimum atomic E-state index is -2.74. The Labute approximate surface area is 133 Å². The summed E-state index contributed by atoms with van der Waals surface area (Å²) >= 11 is 0. The number of amides is 1. The van der Waals surface area contributed by atoms with E-state index in [1.165, 1.54) is 0 Å². The van der Waals surface area contributed by atoms with Gasteiger partial charge in [-0.25, -0.2) is 0 Å². The summed E-state index contributed by atoms with van der Waals surface area (Å²) < 4.78 is 34.3. The van der Waals surface area contributed by atoms with Crippen LogP contribution in [0.4, 0.5) is 14.5 Å². The normalized spacial score (nSPS) is 24.3. The van der Waals surface area contributed by atoms with Crippen molar-refractivity contribution in [2.45, 2.75) is 51.4 Å². The first kappa shape index (κ1) is 16.3.